The molecule has 0 aliphatic carbocycles. The Morgan fingerprint density at radius 2 is 1.39 bits per heavy atom. The van der Waals surface area contributed by atoms with Crippen molar-refractivity contribution in [2.45, 2.75) is 0 Å². The second-order valence-corrected chi connectivity index (χ2v) is 3.50. The summed E-state index contributed by atoms with van der Waals surface area (Å²) < 4.78 is 0. The highest BCUT2D eigenvalue weighted by Gasteiger charge is 1.99. The van der Waals surface area contributed by atoms with Crippen LogP contribution in [0.5, 0.6) is 0 Å². The maximum absolute atomic E-state index is 10.2. The van der Waals surface area contributed by atoms with Crippen LogP contribution in [0.4, 0.5) is 11.4 Å². The first-order valence-electron chi connectivity index (χ1n) is 5.20. The van der Waals surface area contributed by atoms with Gasteiger partial charge in [0.2, 0.25) is 12.2 Å². The average Bonchev–Trinajstić information content (AvgIpc) is 2.41. The molecular weight excluding hydrogens is 228 g/mol. The minimum absolute atomic E-state index is 0.552. The summed E-state index contributed by atoms with van der Waals surface area (Å²) in [4.78, 5) is 27.4. The lowest BCUT2D eigenvalue weighted by molar-refractivity contribution is 0.564. The molecule has 0 atom stereocenters. The van der Waals surface area contributed by atoms with Crippen LogP contribution in [-0.2, 0) is 9.59 Å². The number of rotatable bonds is 3. The molecule has 0 amide bonds. The van der Waals surface area contributed by atoms with Crippen LogP contribution in [0.25, 0.3) is 11.1 Å². The Labute approximate surface area is 103 Å². The van der Waals surface area contributed by atoms with E-state index in [1.165, 1.54) is 12.2 Å². The van der Waals surface area contributed by atoms with Crippen LogP contribution < -0.4 is 0 Å². The van der Waals surface area contributed by atoms with Crippen LogP contribution in [0.15, 0.2) is 58.5 Å². The topological polar surface area (TPSA) is 58.9 Å². The molecule has 2 aromatic carbocycles. The molecule has 0 radical (unpaired) electrons. The Balaban J connectivity index is 2.38. The van der Waals surface area contributed by atoms with Gasteiger partial charge in [0.15, 0.2) is 0 Å². The van der Waals surface area contributed by atoms with Gasteiger partial charge in [-0.15, -0.1) is 0 Å². The highest BCUT2D eigenvalue weighted by atomic mass is 16.1. The van der Waals surface area contributed by atoms with Crippen LogP contribution >= 0.6 is 0 Å². The Morgan fingerprint density at radius 1 is 0.722 bits per heavy atom. The van der Waals surface area contributed by atoms with E-state index in [2.05, 4.69) is 9.98 Å². The molecule has 0 aliphatic heterocycles. The number of isocyanates is 2. The molecule has 0 saturated heterocycles. The largest absolute Gasteiger partial charge is 0.240 e. The lowest BCUT2D eigenvalue weighted by atomic mass is 10.0. The molecule has 4 nitrogen and oxygen atoms in total. The molecule has 0 heterocycles. The van der Waals surface area contributed by atoms with Gasteiger partial charge in [0.25, 0.3) is 0 Å². The molecular formula is C14H8N2O2. The van der Waals surface area contributed by atoms with Crippen molar-refractivity contribution in [3.8, 4) is 11.1 Å². The van der Waals surface area contributed by atoms with Gasteiger partial charge < -0.3 is 0 Å². The van der Waals surface area contributed by atoms with Gasteiger partial charge in [-0.2, -0.15) is 9.98 Å². The summed E-state index contributed by atoms with van der Waals surface area (Å²) in [5.74, 6) is 0. The number of nitrogens with zero attached hydrogens (tertiary/aromatic N) is 2. The fourth-order valence-electron chi connectivity index (χ4n) is 1.59. The third kappa shape index (κ3) is 2.66. The van der Waals surface area contributed by atoms with Gasteiger partial charge in [-0.3, -0.25) is 0 Å². The standard InChI is InChI=1S/C14H8N2O2/c17-9-15-13-6-4-11(5-7-13)12-2-1-3-14(8-12)16-10-18/h1-8H. The Morgan fingerprint density at radius 3 is 2.06 bits per heavy atom. The van der Waals surface area contributed by atoms with Crippen LogP contribution in [0.3, 0.4) is 0 Å². The normalized spacial score (nSPS) is 9.11. The highest BCUT2D eigenvalue weighted by Crippen LogP contribution is 2.25. The lowest BCUT2D eigenvalue weighted by Crippen LogP contribution is -1.76. The number of aliphatic imine (C=N–C) groups is 2. The molecule has 0 bridgehead atoms. The van der Waals surface area contributed by atoms with Crippen molar-refractivity contribution in [1.29, 1.82) is 0 Å². The van der Waals surface area contributed by atoms with Crippen molar-refractivity contribution >= 4 is 23.5 Å². The molecule has 0 spiro atoms. The molecule has 0 unspecified atom stereocenters. The molecule has 86 valence electrons. The summed E-state index contributed by atoms with van der Waals surface area (Å²) in [6.45, 7) is 0. The van der Waals surface area contributed by atoms with E-state index in [9.17, 15) is 9.59 Å². The maximum atomic E-state index is 10.2. The van der Waals surface area contributed by atoms with Gasteiger partial charge in [0.05, 0.1) is 11.4 Å². The fraction of sp³-hybridized carbons (Fsp3) is 0. The van der Waals surface area contributed by atoms with E-state index in [0.29, 0.717) is 11.4 Å². The second kappa shape index (κ2) is 5.51. The Kier molecular flexibility index (Phi) is 3.57. The number of carbonyl (C=O) groups excluding carboxylic acids is 2. The molecule has 0 fully saturated rings. The molecule has 18 heavy (non-hydrogen) atoms. The van der Waals surface area contributed by atoms with E-state index >= 15 is 0 Å². The van der Waals surface area contributed by atoms with E-state index in [1.807, 2.05) is 24.3 Å². The van der Waals surface area contributed by atoms with Crippen molar-refractivity contribution in [3.05, 3.63) is 48.5 Å². The van der Waals surface area contributed by atoms with E-state index in [1.54, 1.807) is 24.3 Å². The smallest absolute Gasteiger partial charge is 0.211 e. The van der Waals surface area contributed by atoms with E-state index in [4.69, 9.17) is 0 Å². The van der Waals surface area contributed by atoms with Gasteiger partial charge in [0, 0.05) is 0 Å². The fourth-order valence-corrected chi connectivity index (χ4v) is 1.59. The summed E-state index contributed by atoms with van der Waals surface area (Å²) in [6, 6.07) is 14.3. The van der Waals surface area contributed by atoms with Gasteiger partial charge in [-0.05, 0) is 35.4 Å². The van der Waals surface area contributed by atoms with Crippen molar-refractivity contribution in [3.63, 3.8) is 0 Å². The van der Waals surface area contributed by atoms with Crippen molar-refractivity contribution in [1.82, 2.24) is 0 Å². The van der Waals surface area contributed by atoms with Gasteiger partial charge in [-0.1, -0.05) is 24.3 Å². The van der Waals surface area contributed by atoms with Crippen molar-refractivity contribution in [2.24, 2.45) is 9.98 Å². The Hall–Kier alpha value is -2.80. The third-order valence-electron chi connectivity index (χ3n) is 2.40. The first kappa shape index (κ1) is 11.7. The summed E-state index contributed by atoms with van der Waals surface area (Å²) in [5, 5.41) is 0. The SMILES string of the molecule is O=C=Nc1ccc(-c2cccc(N=C=O)c2)cc1. The predicted molar refractivity (Wildman–Crippen MR) is 67.4 cm³/mol. The molecule has 2 rings (SSSR count). The van der Waals surface area contributed by atoms with Gasteiger partial charge >= 0.3 is 0 Å². The first-order valence-corrected chi connectivity index (χ1v) is 5.20. The zero-order chi connectivity index (χ0) is 12.8. The molecule has 4 heteroatoms. The summed E-state index contributed by atoms with van der Waals surface area (Å²) in [6.07, 6.45) is 2.99. The van der Waals surface area contributed by atoms with Crippen LogP contribution in [-0.4, -0.2) is 12.2 Å². The molecule has 0 aliphatic rings. The quantitative estimate of drug-likeness (QED) is 0.606. The zero-order valence-electron chi connectivity index (χ0n) is 9.33. The van der Waals surface area contributed by atoms with Gasteiger partial charge in [0.1, 0.15) is 0 Å². The first-order chi connectivity index (χ1) is 8.83. The second-order valence-electron chi connectivity index (χ2n) is 3.50. The summed E-state index contributed by atoms with van der Waals surface area (Å²) in [7, 11) is 0. The molecule has 0 N–H and O–H groups in total. The average molecular weight is 236 g/mol. The number of hydrogen-bond acceptors (Lipinski definition) is 4. The summed E-state index contributed by atoms with van der Waals surface area (Å²) >= 11 is 0. The number of hydrogen-bond donors (Lipinski definition) is 0. The third-order valence-corrected chi connectivity index (χ3v) is 2.40. The molecule has 0 aromatic heterocycles. The van der Waals surface area contributed by atoms with Crippen molar-refractivity contribution in [2.75, 3.05) is 0 Å². The van der Waals surface area contributed by atoms with Crippen LogP contribution in [0.1, 0.15) is 0 Å². The van der Waals surface area contributed by atoms with E-state index in [0.717, 1.165) is 11.1 Å². The predicted octanol–water partition coefficient (Wildman–Crippen LogP) is 3.29. The number of benzene rings is 2. The van der Waals surface area contributed by atoms with Crippen LogP contribution in [0.2, 0.25) is 0 Å². The van der Waals surface area contributed by atoms with Crippen LogP contribution in [0, 0.1) is 0 Å². The van der Waals surface area contributed by atoms with E-state index in [-0.39, 0.29) is 0 Å². The lowest BCUT2D eigenvalue weighted by Gasteiger charge is -2.02. The monoisotopic (exact) mass is 236 g/mol. The molecule has 2 aromatic rings. The maximum Gasteiger partial charge on any atom is 0.240 e. The van der Waals surface area contributed by atoms with Gasteiger partial charge in [-0.25, -0.2) is 9.59 Å². The summed E-state index contributed by atoms with van der Waals surface area (Å²) in [5.41, 5.74) is 2.98. The van der Waals surface area contributed by atoms with Crippen molar-refractivity contribution < 1.29 is 9.59 Å². The Bertz CT molecular complexity index is 650. The molecule has 0 saturated carbocycles. The minimum Gasteiger partial charge on any atom is -0.211 e. The van der Waals surface area contributed by atoms with E-state index < -0.39 is 0 Å². The minimum atomic E-state index is 0.552. The highest BCUT2D eigenvalue weighted by molar-refractivity contribution is 5.69. The zero-order valence-corrected chi connectivity index (χ0v) is 9.33.